The zero-order valence-corrected chi connectivity index (χ0v) is 20.8. The van der Waals surface area contributed by atoms with Gasteiger partial charge in [-0.3, -0.25) is 14.9 Å². The third-order valence-corrected chi connectivity index (χ3v) is 6.93. The number of fused-ring (bicyclic) bond motifs is 1. The smallest absolute Gasteiger partial charge is 0.275 e. The predicted molar refractivity (Wildman–Crippen MR) is 134 cm³/mol. The molecule has 178 valence electrons. The number of hydrogen-bond donors (Lipinski definition) is 1. The molecule has 35 heavy (non-hydrogen) atoms. The van der Waals surface area contributed by atoms with Gasteiger partial charge in [0.25, 0.3) is 11.5 Å². The van der Waals surface area contributed by atoms with E-state index in [4.69, 9.17) is 4.74 Å². The second-order valence-electron chi connectivity index (χ2n) is 7.71. The Bertz CT molecular complexity index is 1490. The van der Waals surface area contributed by atoms with Crippen molar-refractivity contribution < 1.29 is 9.53 Å². The van der Waals surface area contributed by atoms with Gasteiger partial charge in [0.15, 0.2) is 0 Å². The van der Waals surface area contributed by atoms with Crippen LogP contribution in [0.25, 0.3) is 11.0 Å². The molecule has 1 N–H and O–H groups in total. The monoisotopic (exact) mass is 507 g/mol. The minimum Gasteiger partial charge on any atom is -0.487 e. The fourth-order valence-corrected chi connectivity index (χ4v) is 4.53. The van der Waals surface area contributed by atoms with Crippen LogP contribution in [0.3, 0.4) is 0 Å². The molecule has 0 fully saturated rings. The van der Waals surface area contributed by atoms with Crippen molar-refractivity contribution in [2.75, 3.05) is 5.32 Å². The maximum absolute atomic E-state index is 12.5. The molecule has 0 aliphatic heterocycles. The maximum Gasteiger partial charge on any atom is 0.275 e. The molecular formula is C23H21N7O3S2. The van der Waals surface area contributed by atoms with E-state index in [1.807, 2.05) is 26.8 Å². The minimum absolute atomic E-state index is 0.0612. The van der Waals surface area contributed by atoms with Gasteiger partial charge in [-0.1, -0.05) is 55.6 Å². The summed E-state index contributed by atoms with van der Waals surface area (Å²) in [5, 5.41) is 26.2. The maximum atomic E-state index is 12.5. The van der Waals surface area contributed by atoms with Crippen molar-refractivity contribution in [1.82, 2.24) is 24.8 Å². The van der Waals surface area contributed by atoms with Crippen molar-refractivity contribution in [3.63, 3.8) is 0 Å². The molecule has 0 atom stereocenters. The van der Waals surface area contributed by atoms with E-state index in [9.17, 15) is 14.9 Å². The summed E-state index contributed by atoms with van der Waals surface area (Å²) in [5.41, 5.74) is 0.847. The Morgan fingerprint density at radius 1 is 1.26 bits per heavy atom. The molecule has 0 radical (unpaired) electrons. The second-order valence-corrected chi connectivity index (χ2v) is 9.76. The van der Waals surface area contributed by atoms with Crippen LogP contribution in [0.5, 0.6) is 5.75 Å². The molecule has 4 rings (SSSR count). The van der Waals surface area contributed by atoms with Crippen LogP contribution in [-0.2, 0) is 17.8 Å². The topological polar surface area (TPSA) is 135 Å². The Morgan fingerprint density at radius 3 is 2.69 bits per heavy atom. The summed E-state index contributed by atoms with van der Waals surface area (Å²) in [4.78, 5) is 29.7. The molecule has 0 saturated heterocycles. The molecule has 10 nitrogen and oxygen atoms in total. The van der Waals surface area contributed by atoms with E-state index in [1.165, 1.54) is 39.3 Å². The Labute approximate surface area is 208 Å². The molecule has 1 amide bonds. The molecule has 0 aliphatic carbocycles. The van der Waals surface area contributed by atoms with E-state index in [1.54, 1.807) is 24.3 Å². The lowest BCUT2D eigenvalue weighted by Crippen LogP contribution is -2.16. The Kier molecular flexibility index (Phi) is 7.28. The number of carbonyl (C=O) groups excluding carboxylic acids is 1. The van der Waals surface area contributed by atoms with Crippen LogP contribution in [0.4, 0.5) is 5.13 Å². The highest BCUT2D eigenvalue weighted by Crippen LogP contribution is 2.23. The SMILES string of the molecule is CCc1nn2c(=O)cc(COc3ccc(/C=C(/C#N)C(=O)Nc4nnc(C(C)C)s4)cc3)nc2s1. The van der Waals surface area contributed by atoms with Gasteiger partial charge in [-0.15, -0.1) is 10.2 Å². The van der Waals surface area contributed by atoms with Crippen molar-refractivity contribution in [2.45, 2.75) is 39.7 Å². The van der Waals surface area contributed by atoms with Gasteiger partial charge in [-0.05, 0) is 30.2 Å². The number of ether oxygens (including phenoxy) is 1. The normalized spacial score (nSPS) is 11.6. The van der Waals surface area contributed by atoms with Gasteiger partial charge in [0.1, 0.15) is 34.0 Å². The van der Waals surface area contributed by atoms with Gasteiger partial charge in [-0.2, -0.15) is 14.9 Å². The number of nitrogens with zero attached hydrogens (tertiary/aromatic N) is 6. The molecule has 0 bridgehead atoms. The summed E-state index contributed by atoms with van der Waals surface area (Å²) >= 11 is 2.65. The molecule has 0 unspecified atom stereocenters. The number of carbonyl (C=O) groups is 1. The van der Waals surface area contributed by atoms with Crippen LogP contribution in [0.2, 0.25) is 0 Å². The summed E-state index contributed by atoms with van der Waals surface area (Å²) in [7, 11) is 0. The minimum atomic E-state index is -0.554. The van der Waals surface area contributed by atoms with Crippen molar-refractivity contribution in [1.29, 1.82) is 5.26 Å². The van der Waals surface area contributed by atoms with E-state index in [2.05, 4.69) is 25.6 Å². The number of hydrogen-bond acceptors (Lipinski definition) is 10. The Morgan fingerprint density at radius 2 is 2.03 bits per heavy atom. The number of anilines is 1. The summed E-state index contributed by atoms with van der Waals surface area (Å²) in [5.74, 6) is 0.202. The van der Waals surface area contributed by atoms with Crippen LogP contribution < -0.4 is 15.6 Å². The Balaban J connectivity index is 1.41. The lowest BCUT2D eigenvalue weighted by molar-refractivity contribution is -0.112. The highest BCUT2D eigenvalue weighted by Gasteiger charge is 2.14. The summed E-state index contributed by atoms with van der Waals surface area (Å²) in [6.45, 7) is 6.06. The highest BCUT2D eigenvalue weighted by atomic mass is 32.1. The zero-order valence-electron chi connectivity index (χ0n) is 19.2. The van der Waals surface area contributed by atoms with E-state index in [0.29, 0.717) is 27.1 Å². The van der Waals surface area contributed by atoms with Gasteiger partial charge in [0, 0.05) is 12.0 Å². The van der Waals surface area contributed by atoms with Crippen molar-refractivity contribution in [3.05, 3.63) is 67.5 Å². The highest BCUT2D eigenvalue weighted by molar-refractivity contribution is 7.16. The number of aromatic nitrogens is 5. The largest absolute Gasteiger partial charge is 0.487 e. The third-order valence-electron chi connectivity index (χ3n) is 4.74. The van der Waals surface area contributed by atoms with Crippen molar-refractivity contribution in [2.24, 2.45) is 0 Å². The van der Waals surface area contributed by atoms with Crippen LogP contribution >= 0.6 is 22.7 Å². The number of amides is 1. The lowest BCUT2D eigenvalue weighted by atomic mass is 10.1. The first-order chi connectivity index (χ1) is 16.9. The van der Waals surface area contributed by atoms with Gasteiger partial charge in [-0.25, -0.2) is 4.98 Å². The van der Waals surface area contributed by atoms with E-state index >= 15 is 0 Å². The molecule has 0 spiro atoms. The molecule has 3 aromatic heterocycles. The average molecular weight is 508 g/mol. The first kappa shape index (κ1) is 24.2. The summed E-state index contributed by atoms with van der Waals surface area (Å²) in [6.07, 6.45) is 2.21. The molecule has 3 heterocycles. The number of benzene rings is 1. The van der Waals surface area contributed by atoms with E-state index in [-0.39, 0.29) is 23.7 Å². The first-order valence-corrected chi connectivity index (χ1v) is 12.4. The number of aryl methyl sites for hydroxylation is 1. The molecule has 4 aromatic rings. The fourth-order valence-electron chi connectivity index (χ4n) is 2.93. The fraction of sp³-hybridized carbons (Fsp3) is 0.261. The van der Waals surface area contributed by atoms with Crippen LogP contribution in [0.15, 0.2) is 40.7 Å². The van der Waals surface area contributed by atoms with E-state index in [0.717, 1.165) is 16.4 Å². The molecular weight excluding hydrogens is 486 g/mol. The van der Waals surface area contributed by atoms with Gasteiger partial charge in [0.2, 0.25) is 10.1 Å². The van der Waals surface area contributed by atoms with Crippen LogP contribution in [-0.4, -0.2) is 30.7 Å². The molecule has 1 aromatic carbocycles. The molecule has 0 saturated carbocycles. The predicted octanol–water partition coefficient (Wildman–Crippen LogP) is 3.81. The van der Waals surface area contributed by atoms with Gasteiger partial charge >= 0.3 is 0 Å². The standard InChI is InChI=1S/C23H21N7O3S2/c1-4-18-29-30-19(31)10-16(25-23(30)34-18)12-33-17-7-5-14(6-8-17)9-15(11-24)20(32)26-22-28-27-21(35-22)13(2)3/h5-10,13H,4,12H2,1-3H3,(H,26,28,32)/b15-9-. The zero-order chi connectivity index (χ0) is 24.9. The van der Waals surface area contributed by atoms with Crippen molar-refractivity contribution in [3.8, 4) is 11.8 Å². The summed E-state index contributed by atoms with van der Waals surface area (Å²) < 4.78 is 7.06. The van der Waals surface area contributed by atoms with E-state index < -0.39 is 5.91 Å². The van der Waals surface area contributed by atoms with Crippen LogP contribution in [0, 0.1) is 11.3 Å². The summed E-state index contributed by atoms with van der Waals surface area (Å²) in [6, 6.07) is 10.2. The van der Waals surface area contributed by atoms with Gasteiger partial charge in [0.05, 0.1) is 5.69 Å². The number of rotatable bonds is 8. The molecule has 0 aliphatic rings. The Hall–Kier alpha value is -3.95. The quantitative estimate of drug-likeness (QED) is 0.281. The van der Waals surface area contributed by atoms with Crippen molar-refractivity contribution >= 4 is 44.7 Å². The average Bonchev–Trinajstić information content (AvgIpc) is 3.49. The van der Waals surface area contributed by atoms with Gasteiger partial charge < -0.3 is 4.74 Å². The lowest BCUT2D eigenvalue weighted by Gasteiger charge is -2.06. The second kappa shape index (κ2) is 10.5. The van der Waals surface area contributed by atoms with Crippen LogP contribution in [0.1, 0.15) is 48.0 Å². The third kappa shape index (κ3) is 5.76. The molecule has 12 heteroatoms. The number of nitrogens with one attached hydrogen (secondary N) is 1. The first-order valence-electron chi connectivity index (χ1n) is 10.7. The number of nitriles is 1.